The molecule has 0 radical (unpaired) electrons. The first-order valence-electron chi connectivity index (χ1n) is 7.28. The minimum absolute atomic E-state index is 0.512. The molecule has 2 aromatic carbocycles. The van der Waals surface area contributed by atoms with E-state index in [4.69, 9.17) is 0 Å². The van der Waals surface area contributed by atoms with E-state index in [9.17, 15) is 5.26 Å². The summed E-state index contributed by atoms with van der Waals surface area (Å²) in [6.07, 6.45) is 0. The molecule has 23 heavy (non-hydrogen) atoms. The maximum absolute atomic E-state index is 9.57. The van der Waals surface area contributed by atoms with Crippen molar-refractivity contribution >= 4 is 28.1 Å². The Labute approximate surface area is 132 Å². The Morgan fingerprint density at radius 2 is 1.74 bits per heavy atom. The Morgan fingerprint density at radius 3 is 2.52 bits per heavy atom. The number of para-hydroxylation sites is 2. The van der Waals surface area contributed by atoms with Crippen LogP contribution in [0.15, 0.2) is 64.8 Å². The summed E-state index contributed by atoms with van der Waals surface area (Å²) in [6, 6.07) is 19.7. The van der Waals surface area contributed by atoms with Crippen molar-refractivity contribution in [1.29, 1.82) is 5.26 Å². The second kappa shape index (κ2) is 5.11. The van der Waals surface area contributed by atoms with Gasteiger partial charge in [0.05, 0.1) is 22.4 Å². The molecule has 0 spiro atoms. The van der Waals surface area contributed by atoms with Crippen LogP contribution in [-0.2, 0) is 0 Å². The van der Waals surface area contributed by atoms with Gasteiger partial charge in [-0.2, -0.15) is 10.4 Å². The molecule has 0 atom stereocenters. The molecule has 0 aliphatic heterocycles. The van der Waals surface area contributed by atoms with Gasteiger partial charge in [0.2, 0.25) is 0 Å². The molecule has 4 rings (SSSR count). The van der Waals surface area contributed by atoms with Crippen LogP contribution < -0.4 is 0 Å². The third kappa shape index (κ3) is 2.00. The molecule has 110 valence electrons. The Kier molecular flexibility index (Phi) is 2.95. The molecule has 0 unspecified atom stereocenters. The Hall–Kier alpha value is -3.39. The standard InChI is InChI=1S/C18H13N5/c1-12-17(22-21-13-7-3-2-4-8-13)14(11-19)18-20-15-9-5-6-10-16(15)23(12)18/h2-10,20H,1H3. The monoisotopic (exact) mass is 299 g/mol. The highest BCUT2D eigenvalue weighted by Crippen LogP contribution is 2.34. The smallest absolute Gasteiger partial charge is 0.136 e. The van der Waals surface area contributed by atoms with E-state index in [2.05, 4.69) is 21.3 Å². The molecular formula is C18H13N5. The van der Waals surface area contributed by atoms with Crippen LogP contribution in [-0.4, -0.2) is 9.38 Å². The van der Waals surface area contributed by atoms with Crippen LogP contribution in [0.3, 0.4) is 0 Å². The molecule has 0 saturated carbocycles. The summed E-state index contributed by atoms with van der Waals surface area (Å²) in [6.45, 7) is 1.95. The van der Waals surface area contributed by atoms with Crippen LogP contribution in [0.5, 0.6) is 0 Å². The second-order valence-electron chi connectivity index (χ2n) is 5.28. The van der Waals surface area contributed by atoms with E-state index in [1.54, 1.807) is 0 Å². The van der Waals surface area contributed by atoms with E-state index in [-0.39, 0.29) is 0 Å². The predicted molar refractivity (Wildman–Crippen MR) is 89.3 cm³/mol. The maximum atomic E-state index is 9.57. The fourth-order valence-electron chi connectivity index (χ4n) is 2.83. The molecule has 1 N–H and O–H groups in total. The topological polar surface area (TPSA) is 68.7 Å². The lowest BCUT2D eigenvalue weighted by molar-refractivity contribution is 1.14. The van der Waals surface area contributed by atoms with E-state index in [1.807, 2.05) is 65.9 Å². The molecule has 0 fully saturated rings. The predicted octanol–water partition coefficient (Wildman–Crippen LogP) is 5.02. The summed E-state index contributed by atoms with van der Waals surface area (Å²) in [7, 11) is 0. The number of imidazole rings is 1. The van der Waals surface area contributed by atoms with Gasteiger partial charge in [0, 0.05) is 0 Å². The molecule has 0 amide bonds. The number of H-pyrrole nitrogens is 1. The van der Waals surface area contributed by atoms with Gasteiger partial charge < -0.3 is 4.98 Å². The minimum Gasteiger partial charge on any atom is -0.338 e. The Morgan fingerprint density at radius 1 is 1.00 bits per heavy atom. The average molecular weight is 299 g/mol. The van der Waals surface area contributed by atoms with Crippen molar-refractivity contribution < 1.29 is 0 Å². The number of hydrogen-bond acceptors (Lipinski definition) is 3. The summed E-state index contributed by atoms with van der Waals surface area (Å²) in [4.78, 5) is 3.30. The number of aromatic amines is 1. The number of rotatable bonds is 2. The van der Waals surface area contributed by atoms with Gasteiger partial charge in [-0.15, -0.1) is 5.11 Å². The van der Waals surface area contributed by atoms with Gasteiger partial charge in [-0.25, -0.2) is 0 Å². The zero-order valence-electron chi connectivity index (χ0n) is 12.5. The Balaban J connectivity index is 1.95. The SMILES string of the molecule is Cc1c(N=Nc2ccccc2)c(C#N)c2[nH]c3ccccc3n12. The number of nitriles is 1. The van der Waals surface area contributed by atoms with Crippen molar-refractivity contribution in [3.05, 3.63) is 65.9 Å². The highest BCUT2D eigenvalue weighted by atomic mass is 15.1. The molecule has 0 aliphatic rings. The number of aromatic nitrogens is 2. The van der Waals surface area contributed by atoms with Crippen molar-refractivity contribution in [2.45, 2.75) is 6.92 Å². The van der Waals surface area contributed by atoms with Crippen molar-refractivity contribution in [3.63, 3.8) is 0 Å². The maximum Gasteiger partial charge on any atom is 0.136 e. The molecule has 0 aliphatic carbocycles. The van der Waals surface area contributed by atoms with Gasteiger partial charge >= 0.3 is 0 Å². The van der Waals surface area contributed by atoms with E-state index in [0.717, 1.165) is 28.1 Å². The lowest BCUT2D eigenvalue weighted by Gasteiger charge is -1.96. The first-order valence-corrected chi connectivity index (χ1v) is 7.28. The van der Waals surface area contributed by atoms with Crippen molar-refractivity contribution in [2.75, 3.05) is 0 Å². The summed E-state index contributed by atoms with van der Waals surface area (Å²) < 4.78 is 2.02. The number of benzene rings is 2. The summed E-state index contributed by atoms with van der Waals surface area (Å²) in [5.74, 6) is 0. The van der Waals surface area contributed by atoms with E-state index in [0.29, 0.717) is 11.3 Å². The lowest BCUT2D eigenvalue weighted by atomic mass is 10.2. The third-order valence-corrected chi connectivity index (χ3v) is 3.91. The number of hydrogen-bond donors (Lipinski definition) is 1. The zero-order chi connectivity index (χ0) is 15.8. The third-order valence-electron chi connectivity index (χ3n) is 3.91. The van der Waals surface area contributed by atoms with E-state index < -0.39 is 0 Å². The van der Waals surface area contributed by atoms with Gasteiger partial charge in [0.25, 0.3) is 0 Å². The fourth-order valence-corrected chi connectivity index (χ4v) is 2.83. The molecule has 2 heterocycles. The first kappa shape index (κ1) is 13.3. The number of azo groups is 1. The van der Waals surface area contributed by atoms with Gasteiger partial charge in [-0.1, -0.05) is 30.3 Å². The van der Waals surface area contributed by atoms with Crippen LogP contribution in [0.25, 0.3) is 16.7 Å². The quantitative estimate of drug-likeness (QED) is 0.519. The summed E-state index contributed by atoms with van der Waals surface area (Å²) >= 11 is 0. The second-order valence-corrected chi connectivity index (χ2v) is 5.28. The van der Waals surface area contributed by atoms with Crippen molar-refractivity contribution in [1.82, 2.24) is 9.38 Å². The van der Waals surface area contributed by atoms with E-state index in [1.165, 1.54) is 0 Å². The van der Waals surface area contributed by atoms with Crippen molar-refractivity contribution in [2.24, 2.45) is 10.2 Å². The minimum atomic E-state index is 0.512. The van der Waals surface area contributed by atoms with Gasteiger partial charge in [0.1, 0.15) is 23.0 Å². The fraction of sp³-hybridized carbons (Fsp3) is 0.0556. The lowest BCUT2D eigenvalue weighted by Crippen LogP contribution is -1.82. The number of nitrogens with zero attached hydrogens (tertiary/aromatic N) is 4. The molecule has 2 aromatic heterocycles. The van der Waals surface area contributed by atoms with Crippen LogP contribution in [0.1, 0.15) is 11.3 Å². The van der Waals surface area contributed by atoms with E-state index >= 15 is 0 Å². The molecular weight excluding hydrogens is 286 g/mol. The normalized spacial score (nSPS) is 11.5. The molecule has 5 heteroatoms. The van der Waals surface area contributed by atoms with Crippen molar-refractivity contribution in [3.8, 4) is 6.07 Å². The summed E-state index contributed by atoms with van der Waals surface area (Å²) in [5, 5.41) is 18.1. The van der Waals surface area contributed by atoms with Crippen LogP contribution in [0.4, 0.5) is 11.4 Å². The average Bonchev–Trinajstić information content (AvgIpc) is 3.09. The first-order chi connectivity index (χ1) is 11.3. The zero-order valence-corrected chi connectivity index (χ0v) is 12.5. The summed E-state index contributed by atoms with van der Waals surface area (Å²) in [5.41, 5.74) is 5.55. The van der Waals surface area contributed by atoms with Gasteiger partial charge in [0.15, 0.2) is 0 Å². The van der Waals surface area contributed by atoms with Gasteiger partial charge in [-0.3, -0.25) is 4.40 Å². The van der Waals surface area contributed by atoms with Crippen LogP contribution in [0, 0.1) is 18.3 Å². The molecule has 0 bridgehead atoms. The highest BCUT2D eigenvalue weighted by Gasteiger charge is 2.19. The number of aryl methyl sites for hydroxylation is 1. The Bertz CT molecular complexity index is 1080. The highest BCUT2D eigenvalue weighted by molar-refractivity contribution is 5.87. The number of fused-ring (bicyclic) bond motifs is 3. The largest absolute Gasteiger partial charge is 0.338 e. The van der Waals surface area contributed by atoms with Crippen LogP contribution >= 0.6 is 0 Å². The van der Waals surface area contributed by atoms with Crippen LogP contribution in [0.2, 0.25) is 0 Å². The molecule has 4 aromatic rings. The van der Waals surface area contributed by atoms with Gasteiger partial charge in [-0.05, 0) is 31.2 Å². The molecule has 0 saturated heterocycles. The molecule has 5 nitrogen and oxygen atoms in total. The number of nitrogens with one attached hydrogen (secondary N) is 1.